The van der Waals surface area contributed by atoms with E-state index in [-0.39, 0.29) is 18.5 Å². The van der Waals surface area contributed by atoms with Crippen LogP contribution in [0.5, 0.6) is 0 Å². The Bertz CT molecular complexity index is 451. The third-order valence-corrected chi connectivity index (χ3v) is 2.38. The third-order valence-electron chi connectivity index (χ3n) is 2.38. The summed E-state index contributed by atoms with van der Waals surface area (Å²) in [5, 5.41) is 0. The summed E-state index contributed by atoms with van der Waals surface area (Å²) in [4.78, 5) is 0. The van der Waals surface area contributed by atoms with Gasteiger partial charge in [0.2, 0.25) is 0 Å². The lowest BCUT2D eigenvalue weighted by Crippen LogP contribution is -2.15. The molecule has 0 saturated heterocycles. The molecular weight excluding hydrogens is 245 g/mol. The molecule has 1 atom stereocenters. The molecule has 0 heterocycles. The van der Waals surface area contributed by atoms with Crippen LogP contribution < -0.4 is 5.73 Å². The van der Waals surface area contributed by atoms with Crippen molar-refractivity contribution in [3.05, 3.63) is 35.1 Å². The molecule has 19 heavy (non-hydrogen) atoms. The van der Waals surface area contributed by atoms with Crippen LogP contribution in [0.15, 0.2) is 18.2 Å². The summed E-state index contributed by atoms with van der Waals surface area (Å²) >= 11 is 0. The molecule has 4 heteroatoms. The van der Waals surface area contributed by atoms with Crippen LogP contribution in [0, 0.1) is 17.7 Å². The summed E-state index contributed by atoms with van der Waals surface area (Å²) in [7, 11) is 0. The molecule has 1 rings (SSSR count). The average molecular weight is 265 g/mol. The Kier molecular flexibility index (Phi) is 7.12. The number of hydrogen-bond acceptors (Lipinski definition) is 3. The molecule has 2 N–H and O–H groups in total. The minimum Gasteiger partial charge on any atom is -0.379 e. The molecule has 0 amide bonds. The molecule has 1 aromatic carbocycles. The molecule has 104 valence electrons. The van der Waals surface area contributed by atoms with Crippen molar-refractivity contribution in [1.29, 1.82) is 0 Å². The van der Waals surface area contributed by atoms with Gasteiger partial charge in [0.05, 0.1) is 25.9 Å². The van der Waals surface area contributed by atoms with E-state index in [2.05, 4.69) is 11.8 Å². The lowest BCUT2D eigenvalue weighted by atomic mass is 10.1. The van der Waals surface area contributed by atoms with E-state index in [1.807, 2.05) is 13.8 Å². The van der Waals surface area contributed by atoms with E-state index in [1.165, 1.54) is 12.1 Å². The van der Waals surface area contributed by atoms with Gasteiger partial charge in [-0.2, -0.15) is 0 Å². The van der Waals surface area contributed by atoms with E-state index in [1.54, 1.807) is 6.07 Å². The quantitative estimate of drug-likeness (QED) is 0.801. The second-order valence-corrected chi connectivity index (χ2v) is 4.14. The summed E-state index contributed by atoms with van der Waals surface area (Å²) < 4.78 is 24.2. The molecule has 0 aliphatic heterocycles. The zero-order valence-electron chi connectivity index (χ0n) is 11.4. The first-order valence-electron chi connectivity index (χ1n) is 6.33. The van der Waals surface area contributed by atoms with Crippen LogP contribution in [-0.4, -0.2) is 25.9 Å². The van der Waals surface area contributed by atoms with Crippen LogP contribution >= 0.6 is 0 Å². The predicted molar refractivity (Wildman–Crippen MR) is 73.1 cm³/mol. The van der Waals surface area contributed by atoms with Gasteiger partial charge >= 0.3 is 0 Å². The highest BCUT2D eigenvalue weighted by Crippen LogP contribution is 2.10. The number of ether oxygens (including phenoxy) is 2. The van der Waals surface area contributed by atoms with Gasteiger partial charge in [-0.3, -0.25) is 0 Å². The van der Waals surface area contributed by atoms with E-state index in [4.69, 9.17) is 15.2 Å². The highest BCUT2D eigenvalue weighted by molar-refractivity contribution is 5.37. The molecule has 0 aliphatic rings. The normalized spacial score (nSPS) is 11.8. The summed E-state index contributed by atoms with van der Waals surface area (Å²) in [6.45, 7) is 5.64. The van der Waals surface area contributed by atoms with Gasteiger partial charge in [0, 0.05) is 12.2 Å². The average Bonchev–Trinajstić information content (AvgIpc) is 2.40. The molecule has 1 aromatic rings. The van der Waals surface area contributed by atoms with Gasteiger partial charge in [-0.05, 0) is 37.6 Å². The Labute approximate surface area is 113 Å². The van der Waals surface area contributed by atoms with Crippen molar-refractivity contribution >= 4 is 0 Å². The fraction of sp³-hybridized carbons (Fsp3) is 0.467. The van der Waals surface area contributed by atoms with Crippen molar-refractivity contribution in [3.63, 3.8) is 0 Å². The Morgan fingerprint density at radius 3 is 2.84 bits per heavy atom. The Morgan fingerprint density at radius 2 is 2.16 bits per heavy atom. The summed E-state index contributed by atoms with van der Waals surface area (Å²) in [5.41, 5.74) is 6.66. The first-order chi connectivity index (χ1) is 9.15. The van der Waals surface area contributed by atoms with Gasteiger partial charge < -0.3 is 15.2 Å². The molecule has 1 unspecified atom stereocenters. The second kappa shape index (κ2) is 8.65. The maximum Gasteiger partial charge on any atom is 0.124 e. The van der Waals surface area contributed by atoms with E-state index >= 15 is 0 Å². The monoisotopic (exact) mass is 265 g/mol. The SMILES string of the molecule is CCOCC(C)OCc1cc(F)cc(C#CCN)c1. The largest absolute Gasteiger partial charge is 0.379 e. The number of halogens is 1. The number of nitrogens with two attached hydrogens (primary N) is 1. The van der Waals surface area contributed by atoms with Crippen LogP contribution in [0.25, 0.3) is 0 Å². The number of benzene rings is 1. The molecule has 0 aromatic heterocycles. The minimum absolute atomic E-state index is 0.0261. The van der Waals surface area contributed by atoms with Crippen LogP contribution in [0.3, 0.4) is 0 Å². The van der Waals surface area contributed by atoms with Gasteiger partial charge in [0.1, 0.15) is 5.82 Å². The smallest absolute Gasteiger partial charge is 0.124 e. The standard InChI is InChI=1S/C15H20FNO2/c1-3-18-10-12(2)19-11-14-7-13(5-4-6-17)8-15(16)9-14/h7-9,12H,3,6,10-11,17H2,1-2H3. The first kappa shape index (κ1) is 15.6. The molecule has 0 aliphatic carbocycles. The molecule has 0 fully saturated rings. The highest BCUT2D eigenvalue weighted by atomic mass is 19.1. The zero-order chi connectivity index (χ0) is 14.1. The summed E-state index contributed by atoms with van der Waals surface area (Å²) in [5.74, 6) is 5.19. The lowest BCUT2D eigenvalue weighted by molar-refractivity contribution is -0.0117. The maximum atomic E-state index is 13.4. The molecule has 0 saturated carbocycles. The summed E-state index contributed by atoms with van der Waals surface area (Å²) in [6.07, 6.45) is -0.0261. The topological polar surface area (TPSA) is 44.5 Å². The van der Waals surface area contributed by atoms with Crippen molar-refractivity contribution in [2.24, 2.45) is 5.73 Å². The fourth-order valence-corrected chi connectivity index (χ4v) is 1.53. The second-order valence-electron chi connectivity index (χ2n) is 4.14. The van der Waals surface area contributed by atoms with Crippen LogP contribution in [0.4, 0.5) is 4.39 Å². The lowest BCUT2D eigenvalue weighted by Gasteiger charge is -2.13. The Balaban J connectivity index is 2.60. The zero-order valence-corrected chi connectivity index (χ0v) is 11.4. The van der Waals surface area contributed by atoms with Gasteiger partial charge in [-0.15, -0.1) is 0 Å². The summed E-state index contributed by atoms with van der Waals surface area (Å²) in [6, 6.07) is 4.63. The van der Waals surface area contributed by atoms with Crippen molar-refractivity contribution < 1.29 is 13.9 Å². The Morgan fingerprint density at radius 1 is 1.37 bits per heavy atom. The van der Waals surface area contributed by atoms with Gasteiger partial charge in [-0.1, -0.05) is 11.8 Å². The number of rotatable bonds is 6. The third kappa shape index (κ3) is 6.35. The number of hydrogen-bond donors (Lipinski definition) is 1. The van der Waals surface area contributed by atoms with Gasteiger partial charge in [-0.25, -0.2) is 4.39 Å². The fourth-order valence-electron chi connectivity index (χ4n) is 1.53. The van der Waals surface area contributed by atoms with Crippen LogP contribution in [0.2, 0.25) is 0 Å². The van der Waals surface area contributed by atoms with Crippen molar-refractivity contribution in [2.45, 2.75) is 26.6 Å². The van der Waals surface area contributed by atoms with Crippen LogP contribution in [0.1, 0.15) is 25.0 Å². The molecule has 0 bridgehead atoms. The van der Waals surface area contributed by atoms with Crippen molar-refractivity contribution in [3.8, 4) is 11.8 Å². The van der Waals surface area contributed by atoms with E-state index < -0.39 is 0 Å². The predicted octanol–water partition coefficient (Wildman–Crippen LogP) is 2.08. The molecule has 3 nitrogen and oxygen atoms in total. The molecular formula is C15H20FNO2. The van der Waals surface area contributed by atoms with E-state index in [0.29, 0.717) is 25.4 Å². The van der Waals surface area contributed by atoms with Crippen molar-refractivity contribution in [2.75, 3.05) is 19.8 Å². The minimum atomic E-state index is -0.320. The van der Waals surface area contributed by atoms with Gasteiger partial charge in [0.25, 0.3) is 0 Å². The Hall–Kier alpha value is -1.41. The van der Waals surface area contributed by atoms with E-state index in [9.17, 15) is 4.39 Å². The first-order valence-corrected chi connectivity index (χ1v) is 6.33. The molecule has 0 spiro atoms. The van der Waals surface area contributed by atoms with Crippen LogP contribution in [-0.2, 0) is 16.1 Å². The van der Waals surface area contributed by atoms with E-state index in [0.717, 1.165) is 5.56 Å². The molecule has 0 radical (unpaired) electrons. The maximum absolute atomic E-state index is 13.4. The van der Waals surface area contributed by atoms with Gasteiger partial charge in [0.15, 0.2) is 0 Å². The van der Waals surface area contributed by atoms with Crippen molar-refractivity contribution in [1.82, 2.24) is 0 Å². The highest BCUT2D eigenvalue weighted by Gasteiger charge is 2.04.